The molecule has 0 unspecified atom stereocenters. The Balaban J connectivity index is 1.06. The van der Waals surface area contributed by atoms with Crippen LogP contribution in [0.15, 0.2) is 173 Å². The summed E-state index contributed by atoms with van der Waals surface area (Å²) in [7, 11) is 0. The van der Waals surface area contributed by atoms with Gasteiger partial charge in [-0.2, -0.15) is 0 Å². The number of benzene rings is 8. The van der Waals surface area contributed by atoms with Crippen LogP contribution in [0, 0.1) is 0 Å². The number of anilines is 3. The first kappa shape index (κ1) is 27.6. The lowest BCUT2D eigenvalue weighted by Gasteiger charge is -2.26. The fourth-order valence-corrected chi connectivity index (χ4v) is 8.73. The number of fused-ring (bicyclic) bond motifs is 11. The van der Waals surface area contributed by atoms with Gasteiger partial charge in [0.2, 0.25) is 0 Å². The minimum atomic E-state index is 0.875. The summed E-state index contributed by atoms with van der Waals surface area (Å²) < 4.78 is 15.3. The molecule has 234 valence electrons. The van der Waals surface area contributed by atoms with Gasteiger partial charge in [0.15, 0.2) is 0 Å². The number of nitrogens with zero attached hydrogens (tertiary/aromatic N) is 1. The van der Waals surface area contributed by atoms with Crippen molar-refractivity contribution in [3.63, 3.8) is 0 Å². The maximum atomic E-state index is 6.39. The maximum absolute atomic E-state index is 6.39. The van der Waals surface area contributed by atoms with Crippen molar-refractivity contribution in [2.24, 2.45) is 0 Å². The third kappa shape index (κ3) is 4.16. The Hall–Kier alpha value is -6.36. The summed E-state index contributed by atoms with van der Waals surface area (Å²) in [5, 5.41) is 9.38. The Morgan fingerprint density at radius 2 is 0.960 bits per heavy atom. The van der Waals surface area contributed by atoms with Crippen LogP contribution < -0.4 is 4.90 Å². The summed E-state index contributed by atoms with van der Waals surface area (Å²) in [6.07, 6.45) is 0. The van der Waals surface area contributed by atoms with E-state index in [-0.39, 0.29) is 0 Å². The molecule has 3 aromatic heterocycles. The average Bonchev–Trinajstić information content (AvgIpc) is 3.86. The molecule has 0 saturated heterocycles. The number of rotatable bonds is 4. The molecule has 0 N–H and O–H groups in total. The van der Waals surface area contributed by atoms with Gasteiger partial charge >= 0.3 is 0 Å². The van der Waals surface area contributed by atoms with Crippen molar-refractivity contribution in [3.05, 3.63) is 164 Å². The number of para-hydroxylation sites is 2. The Morgan fingerprint density at radius 1 is 0.360 bits per heavy atom. The highest BCUT2D eigenvalue weighted by Gasteiger charge is 2.18. The van der Waals surface area contributed by atoms with E-state index < -0.39 is 0 Å². The lowest BCUT2D eigenvalue weighted by atomic mass is 9.99. The topological polar surface area (TPSA) is 29.5 Å². The van der Waals surface area contributed by atoms with Gasteiger partial charge in [0.05, 0.1) is 0 Å². The van der Waals surface area contributed by atoms with Crippen molar-refractivity contribution in [1.82, 2.24) is 0 Å². The van der Waals surface area contributed by atoms with Crippen LogP contribution in [-0.2, 0) is 0 Å². The van der Waals surface area contributed by atoms with Crippen molar-refractivity contribution in [2.75, 3.05) is 4.90 Å². The highest BCUT2D eigenvalue weighted by atomic mass is 32.1. The van der Waals surface area contributed by atoms with Crippen LogP contribution in [0.4, 0.5) is 17.1 Å². The molecule has 0 spiro atoms. The van der Waals surface area contributed by atoms with Gasteiger partial charge in [-0.05, 0) is 89.3 Å². The maximum Gasteiger partial charge on any atom is 0.143 e. The SMILES string of the molecule is c1ccc2c(c1)oc1cc(N(c3ccc(-c4ccc5ccc6c7ccccc7oc6c5c4)cc3)c3ccc4sc5ccccc5c4c3)ccc12. The zero-order chi connectivity index (χ0) is 32.8. The highest BCUT2D eigenvalue weighted by molar-refractivity contribution is 7.25. The van der Waals surface area contributed by atoms with Crippen LogP contribution in [0.3, 0.4) is 0 Å². The highest BCUT2D eigenvalue weighted by Crippen LogP contribution is 2.43. The van der Waals surface area contributed by atoms with Gasteiger partial charge in [-0.15, -0.1) is 11.3 Å². The van der Waals surface area contributed by atoms with Crippen molar-refractivity contribution in [3.8, 4) is 11.1 Å². The summed E-state index contributed by atoms with van der Waals surface area (Å²) in [5.41, 5.74) is 9.14. The minimum absolute atomic E-state index is 0.875. The molecule has 0 aliphatic carbocycles. The Kier molecular flexibility index (Phi) is 5.83. The molecule has 0 atom stereocenters. The van der Waals surface area contributed by atoms with Crippen molar-refractivity contribution >= 4 is 103 Å². The molecule has 50 heavy (non-hydrogen) atoms. The molecule has 8 aromatic carbocycles. The minimum Gasteiger partial charge on any atom is -0.456 e. The van der Waals surface area contributed by atoms with Gasteiger partial charge in [0.1, 0.15) is 22.3 Å². The zero-order valence-electron chi connectivity index (χ0n) is 26.8. The molecule has 0 radical (unpaired) electrons. The van der Waals surface area contributed by atoms with Gasteiger partial charge in [-0.3, -0.25) is 0 Å². The third-order valence-corrected chi connectivity index (χ3v) is 11.2. The predicted octanol–water partition coefficient (Wildman–Crippen LogP) is 14.1. The quantitative estimate of drug-likeness (QED) is 0.189. The lowest BCUT2D eigenvalue weighted by Crippen LogP contribution is -2.09. The van der Waals surface area contributed by atoms with Crippen LogP contribution in [0.25, 0.3) is 85.9 Å². The first-order valence-electron chi connectivity index (χ1n) is 16.8. The van der Waals surface area contributed by atoms with E-state index >= 15 is 0 Å². The molecular formula is C46H27NO2S. The number of thiophene rings is 1. The van der Waals surface area contributed by atoms with Gasteiger partial charge in [-0.1, -0.05) is 84.9 Å². The molecule has 0 saturated carbocycles. The second-order valence-corrected chi connectivity index (χ2v) is 14.0. The van der Waals surface area contributed by atoms with Crippen molar-refractivity contribution in [1.29, 1.82) is 0 Å². The second kappa shape index (κ2) is 10.6. The average molecular weight is 658 g/mol. The molecule has 3 nitrogen and oxygen atoms in total. The normalized spacial score (nSPS) is 12.0. The summed E-state index contributed by atoms with van der Waals surface area (Å²) >= 11 is 1.84. The fourth-order valence-electron chi connectivity index (χ4n) is 7.64. The van der Waals surface area contributed by atoms with E-state index in [9.17, 15) is 0 Å². The largest absolute Gasteiger partial charge is 0.456 e. The van der Waals surface area contributed by atoms with Crippen LogP contribution in [0.1, 0.15) is 0 Å². The molecule has 4 heteroatoms. The van der Waals surface area contributed by atoms with Gasteiger partial charge < -0.3 is 13.7 Å². The molecule has 0 bridgehead atoms. The monoisotopic (exact) mass is 657 g/mol. The lowest BCUT2D eigenvalue weighted by molar-refractivity contribution is 0.669. The van der Waals surface area contributed by atoms with Crippen LogP contribution in [0.5, 0.6) is 0 Å². The molecule has 0 fully saturated rings. The van der Waals surface area contributed by atoms with Crippen molar-refractivity contribution in [2.45, 2.75) is 0 Å². The van der Waals surface area contributed by atoms with E-state index in [4.69, 9.17) is 8.83 Å². The van der Waals surface area contributed by atoms with Gasteiger partial charge in [-0.25, -0.2) is 0 Å². The molecule has 11 rings (SSSR count). The van der Waals surface area contributed by atoms with Crippen molar-refractivity contribution < 1.29 is 8.83 Å². The third-order valence-electron chi connectivity index (χ3n) is 10.1. The number of hydrogen-bond acceptors (Lipinski definition) is 4. The number of furan rings is 2. The predicted molar refractivity (Wildman–Crippen MR) is 212 cm³/mol. The van der Waals surface area contributed by atoms with E-state index in [0.717, 1.165) is 77.5 Å². The molecule has 3 heterocycles. The van der Waals surface area contributed by atoms with Gasteiger partial charge in [0, 0.05) is 70.2 Å². The molecule has 0 aliphatic rings. The summed E-state index contributed by atoms with van der Waals surface area (Å²) in [6, 6.07) is 58.5. The molecule has 11 aromatic rings. The Bertz CT molecular complexity index is 3110. The van der Waals surface area contributed by atoms with E-state index in [2.05, 4.69) is 144 Å². The van der Waals surface area contributed by atoms with E-state index in [0.29, 0.717) is 0 Å². The Morgan fingerprint density at radius 3 is 1.82 bits per heavy atom. The van der Waals surface area contributed by atoms with E-state index in [1.165, 1.54) is 25.6 Å². The Labute approximate surface area is 290 Å². The van der Waals surface area contributed by atoms with Crippen LogP contribution >= 0.6 is 11.3 Å². The van der Waals surface area contributed by atoms with Crippen LogP contribution in [0.2, 0.25) is 0 Å². The smallest absolute Gasteiger partial charge is 0.143 e. The molecule has 0 aliphatic heterocycles. The molecule has 0 amide bonds. The summed E-state index contributed by atoms with van der Waals surface area (Å²) in [6.45, 7) is 0. The first-order chi connectivity index (χ1) is 24.7. The van der Waals surface area contributed by atoms with Gasteiger partial charge in [0.25, 0.3) is 0 Å². The second-order valence-electron chi connectivity index (χ2n) is 12.9. The first-order valence-corrected chi connectivity index (χ1v) is 17.6. The van der Waals surface area contributed by atoms with E-state index in [1.54, 1.807) is 0 Å². The standard InChI is InChI=1S/C46H27NO2S/c1-4-10-41-34(7-1)36-23-20-33(27-43(36)48-41)47(32-21-24-45-40(26-32)37-9-3-6-12-44(37)50-45)31-18-15-28(16-19-31)30-14-13-29-17-22-38-35-8-2-5-11-42(35)49-46(38)39(29)25-30/h1-27H. The zero-order valence-corrected chi connectivity index (χ0v) is 27.6. The number of hydrogen-bond donors (Lipinski definition) is 0. The van der Waals surface area contributed by atoms with E-state index in [1.807, 2.05) is 35.6 Å². The van der Waals surface area contributed by atoms with Crippen LogP contribution in [-0.4, -0.2) is 0 Å². The summed E-state index contributed by atoms with van der Waals surface area (Å²) in [5.74, 6) is 0. The fraction of sp³-hybridized carbons (Fsp3) is 0. The molecular weight excluding hydrogens is 631 g/mol. The summed E-state index contributed by atoms with van der Waals surface area (Å²) in [4.78, 5) is 2.33.